The molecule has 0 radical (unpaired) electrons. The largest absolute Gasteiger partial charge is 0.369 e. The van der Waals surface area contributed by atoms with Gasteiger partial charge in [-0.1, -0.05) is 0 Å². The van der Waals surface area contributed by atoms with E-state index in [1.165, 1.54) is 18.3 Å². The standard InChI is InChI=1S/C16H20N4O3S/c1-8-12-15(23)18-11(19-16(12)24-13(8)9(2)21)7-20-5-3-10(4-6-20)14(17)22/h10H,3-7H2,1-2H3,(H2,17,22)(H,18,19,23). The van der Waals surface area contributed by atoms with Gasteiger partial charge < -0.3 is 10.7 Å². The molecule has 8 heteroatoms. The highest BCUT2D eigenvalue weighted by Crippen LogP contribution is 2.27. The van der Waals surface area contributed by atoms with Crippen molar-refractivity contribution in [3.8, 4) is 0 Å². The molecule has 0 spiro atoms. The summed E-state index contributed by atoms with van der Waals surface area (Å²) < 4.78 is 0. The van der Waals surface area contributed by atoms with Gasteiger partial charge >= 0.3 is 0 Å². The van der Waals surface area contributed by atoms with Gasteiger partial charge in [0.1, 0.15) is 10.7 Å². The Morgan fingerprint density at radius 1 is 1.38 bits per heavy atom. The molecule has 1 saturated heterocycles. The van der Waals surface area contributed by atoms with Gasteiger partial charge in [-0.2, -0.15) is 0 Å². The van der Waals surface area contributed by atoms with E-state index < -0.39 is 0 Å². The molecule has 0 atom stereocenters. The van der Waals surface area contributed by atoms with Crippen LogP contribution in [0.1, 0.15) is 40.8 Å². The van der Waals surface area contributed by atoms with E-state index in [0.717, 1.165) is 25.9 Å². The Morgan fingerprint density at radius 2 is 2.04 bits per heavy atom. The molecule has 1 amide bonds. The van der Waals surface area contributed by atoms with Crippen molar-refractivity contribution in [2.45, 2.75) is 33.2 Å². The maximum Gasteiger partial charge on any atom is 0.259 e. The van der Waals surface area contributed by atoms with Crippen LogP contribution >= 0.6 is 11.3 Å². The third-order valence-corrected chi connectivity index (χ3v) is 5.82. The first-order chi connectivity index (χ1) is 11.4. The molecule has 128 valence electrons. The Hall–Kier alpha value is -2.06. The number of aryl methyl sites for hydroxylation is 1. The number of carbonyl (C=O) groups excluding carboxylic acids is 2. The third-order valence-electron chi connectivity index (χ3n) is 4.53. The van der Waals surface area contributed by atoms with Gasteiger partial charge in [0.15, 0.2) is 5.78 Å². The fraction of sp³-hybridized carbons (Fsp3) is 0.500. The highest BCUT2D eigenvalue weighted by molar-refractivity contribution is 7.20. The molecule has 0 aromatic carbocycles. The smallest absolute Gasteiger partial charge is 0.259 e. The first-order valence-electron chi connectivity index (χ1n) is 7.91. The predicted octanol–water partition coefficient (Wildman–Crippen LogP) is 1.19. The minimum absolute atomic E-state index is 0.0509. The maximum absolute atomic E-state index is 12.4. The molecule has 7 nitrogen and oxygen atoms in total. The van der Waals surface area contributed by atoms with Crippen LogP contribution in [0.15, 0.2) is 4.79 Å². The van der Waals surface area contributed by atoms with E-state index in [0.29, 0.717) is 33.0 Å². The van der Waals surface area contributed by atoms with Gasteiger partial charge in [0.25, 0.3) is 5.56 Å². The lowest BCUT2D eigenvalue weighted by molar-refractivity contribution is -0.123. The topological polar surface area (TPSA) is 109 Å². The normalized spacial score (nSPS) is 16.6. The molecule has 3 heterocycles. The van der Waals surface area contributed by atoms with Crippen molar-refractivity contribution in [2.24, 2.45) is 11.7 Å². The average Bonchev–Trinajstić information content (AvgIpc) is 2.85. The van der Waals surface area contributed by atoms with Crippen molar-refractivity contribution in [2.75, 3.05) is 13.1 Å². The van der Waals surface area contributed by atoms with E-state index in [1.54, 1.807) is 6.92 Å². The summed E-state index contributed by atoms with van der Waals surface area (Å²) in [6, 6.07) is 0. The molecule has 1 fully saturated rings. The molecule has 2 aromatic rings. The summed E-state index contributed by atoms with van der Waals surface area (Å²) in [5, 5.41) is 0.501. The Kier molecular flexibility index (Phi) is 4.51. The highest BCUT2D eigenvalue weighted by Gasteiger charge is 2.24. The third kappa shape index (κ3) is 3.11. The fourth-order valence-corrected chi connectivity index (χ4v) is 4.28. The van der Waals surface area contributed by atoms with Gasteiger partial charge in [-0.3, -0.25) is 19.3 Å². The monoisotopic (exact) mass is 348 g/mol. The summed E-state index contributed by atoms with van der Waals surface area (Å²) in [5.74, 6) is 0.230. The van der Waals surface area contributed by atoms with Gasteiger partial charge in [0.05, 0.1) is 16.8 Å². The minimum atomic E-state index is -0.242. The van der Waals surface area contributed by atoms with Crippen molar-refractivity contribution in [1.29, 1.82) is 0 Å². The van der Waals surface area contributed by atoms with Crippen molar-refractivity contribution >= 4 is 33.2 Å². The number of thiophene rings is 1. The van der Waals surface area contributed by atoms with Gasteiger partial charge in [-0.05, 0) is 45.3 Å². The zero-order valence-electron chi connectivity index (χ0n) is 13.7. The lowest BCUT2D eigenvalue weighted by Gasteiger charge is -2.29. The number of aromatic amines is 1. The van der Waals surface area contributed by atoms with Crippen LogP contribution in [-0.2, 0) is 11.3 Å². The summed E-state index contributed by atoms with van der Waals surface area (Å²) >= 11 is 1.27. The van der Waals surface area contributed by atoms with Crippen molar-refractivity contribution in [3.63, 3.8) is 0 Å². The Bertz CT molecular complexity index is 862. The molecular formula is C16H20N4O3S. The molecule has 0 aliphatic carbocycles. The number of rotatable bonds is 4. The number of nitrogens with two attached hydrogens (primary N) is 1. The number of hydrogen-bond donors (Lipinski definition) is 2. The number of fused-ring (bicyclic) bond motifs is 1. The molecule has 24 heavy (non-hydrogen) atoms. The van der Waals surface area contributed by atoms with Crippen LogP contribution in [0.3, 0.4) is 0 Å². The molecule has 1 aliphatic heterocycles. The predicted molar refractivity (Wildman–Crippen MR) is 92.2 cm³/mol. The number of piperidine rings is 1. The van der Waals surface area contributed by atoms with Crippen LogP contribution in [0.5, 0.6) is 0 Å². The number of aromatic nitrogens is 2. The molecule has 1 aliphatic rings. The van der Waals surface area contributed by atoms with Gasteiger partial charge in [0.2, 0.25) is 5.91 Å². The SMILES string of the molecule is CC(=O)c1sc2nc(CN3CCC(C(N)=O)CC3)[nH]c(=O)c2c1C. The number of H-pyrrole nitrogens is 1. The van der Waals surface area contributed by atoms with Crippen molar-refractivity contribution in [3.05, 3.63) is 26.6 Å². The summed E-state index contributed by atoms with van der Waals surface area (Å²) in [4.78, 5) is 45.9. The number of primary amides is 1. The van der Waals surface area contributed by atoms with E-state index in [9.17, 15) is 14.4 Å². The number of carbonyl (C=O) groups is 2. The van der Waals surface area contributed by atoms with Crippen LogP contribution in [0.4, 0.5) is 0 Å². The number of amides is 1. The van der Waals surface area contributed by atoms with Crippen LogP contribution in [0.25, 0.3) is 10.2 Å². The van der Waals surface area contributed by atoms with E-state index in [-0.39, 0.29) is 23.2 Å². The molecule has 0 saturated carbocycles. The van der Waals surface area contributed by atoms with Crippen LogP contribution in [0, 0.1) is 12.8 Å². The first kappa shape index (κ1) is 16.8. The van der Waals surface area contributed by atoms with Crippen molar-refractivity contribution < 1.29 is 9.59 Å². The number of nitrogens with zero attached hydrogens (tertiary/aromatic N) is 2. The number of Topliss-reactive ketones (excluding diaryl/α,β-unsaturated/α-hetero) is 1. The number of nitrogens with one attached hydrogen (secondary N) is 1. The molecule has 2 aromatic heterocycles. The molecule has 3 N–H and O–H groups in total. The number of ketones is 1. The van der Waals surface area contributed by atoms with E-state index in [1.807, 2.05) is 0 Å². The van der Waals surface area contributed by atoms with Crippen LogP contribution in [-0.4, -0.2) is 39.6 Å². The molecular weight excluding hydrogens is 328 g/mol. The second-order valence-electron chi connectivity index (χ2n) is 6.26. The lowest BCUT2D eigenvalue weighted by atomic mass is 9.96. The van der Waals surface area contributed by atoms with E-state index >= 15 is 0 Å². The molecule has 0 bridgehead atoms. The summed E-state index contributed by atoms with van der Waals surface area (Å²) in [7, 11) is 0. The van der Waals surface area contributed by atoms with Gasteiger partial charge in [-0.15, -0.1) is 11.3 Å². The van der Waals surface area contributed by atoms with E-state index in [4.69, 9.17) is 5.73 Å². The lowest BCUT2D eigenvalue weighted by Crippen LogP contribution is -2.38. The number of likely N-dealkylation sites (tertiary alicyclic amines) is 1. The zero-order chi connectivity index (χ0) is 17.4. The fourth-order valence-electron chi connectivity index (χ4n) is 3.19. The molecule has 0 unspecified atom stereocenters. The second kappa shape index (κ2) is 6.45. The van der Waals surface area contributed by atoms with Gasteiger partial charge in [-0.25, -0.2) is 4.98 Å². The average molecular weight is 348 g/mol. The molecule has 3 rings (SSSR count). The highest BCUT2D eigenvalue weighted by atomic mass is 32.1. The second-order valence-corrected chi connectivity index (χ2v) is 7.26. The number of hydrogen-bond acceptors (Lipinski definition) is 6. The van der Waals surface area contributed by atoms with E-state index in [2.05, 4.69) is 14.9 Å². The zero-order valence-corrected chi connectivity index (χ0v) is 14.5. The van der Waals surface area contributed by atoms with Gasteiger partial charge in [0, 0.05) is 5.92 Å². The Labute approximate surface area is 142 Å². The summed E-state index contributed by atoms with van der Waals surface area (Å²) in [5.41, 5.74) is 5.84. The van der Waals surface area contributed by atoms with Crippen molar-refractivity contribution in [1.82, 2.24) is 14.9 Å². The Morgan fingerprint density at radius 3 is 2.62 bits per heavy atom. The van der Waals surface area contributed by atoms with Crippen LogP contribution in [0.2, 0.25) is 0 Å². The first-order valence-corrected chi connectivity index (χ1v) is 8.73. The summed E-state index contributed by atoms with van der Waals surface area (Å²) in [6.07, 6.45) is 1.46. The summed E-state index contributed by atoms with van der Waals surface area (Å²) in [6.45, 7) is 5.29. The van der Waals surface area contributed by atoms with Crippen LogP contribution < -0.4 is 11.3 Å². The maximum atomic E-state index is 12.4. The Balaban J connectivity index is 1.83. The quantitative estimate of drug-likeness (QED) is 0.807. The minimum Gasteiger partial charge on any atom is -0.369 e.